The predicted octanol–water partition coefficient (Wildman–Crippen LogP) is 5.89. The van der Waals surface area contributed by atoms with E-state index in [0.717, 1.165) is 21.2 Å². The normalized spacial score (nSPS) is 14.5. The Bertz CT molecular complexity index is 811. The zero-order valence-electron chi connectivity index (χ0n) is 15.3. The highest BCUT2D eigenvalue weighted by Crippen LogP contribution is 2.27. The van der Waals surface area contributed by atoms with Crippen LogP contribution in [0.5, 0.6) is 0 Å². The summed E-state index contributed by atoms with van der Waals surface area (Å²) in [6.07, 6.45) is -0.586. The third kappa shape index (κ3) is 5.85. The molecule has 140 valence electrons. The van der Waals surface area contributed by atoms with Gasteiger partial charge in [0.25, 0.3) is 0 Å². The first-order valence-corrected chi connectivity index (χ1v) is 10.4. The maximum absolute atomic E-state index is 11.0. The summed E-state index contributed by atoms with van der Waals surface area (Å²) < 4.78 is 0. The summed E-state index contributed by atoms with van der Waals surface area (Å²) in [5, 5.41) is 15.3. The molecule has 0 saturated carbocycles. The van der Waals surface area contributed by atoms with E-state index in [0.29, 0.717) is 0 Å². The first kappa shape index (κ1) is 20.0. The molecule has 4 heteroatoms. The number of aliphatic hydroxyl groups is 1. The average Bonchev–Trinajstić information content (AvgIpc) is 2.73. The second-order valence-electron chi connectivity index (χ2n) is 6.53. The Morgan fingerprint density at radius 3 is 2.00 bits per heavy atom. The molecule has 3 aromatic rings. The van der Waals surface area contributed by atoms with Gasteiger partial charge < -0.3 is 10.4 Å². The van der Waals surface area contributed by atoms with Gasteiger partial charge in [0.05, 0.1) is 6.10 Å². The van der Waals surface area contributed by atoms with Crippen molar-refractivity contribution in [3.05, 3.63) is 101 Å². The molecule has 0 bridgehead atoms. The Kier molecular flexibility index (Phi) is 7.36. The summed E-state index contributed by atoms with van der Waals surface area (Å²) in [4.78, 5) is 1.14. The molecule has 0 aliphatic heterocycles. The zero-order chi connectivity index (χ0) is 19.1. The van der Waals surface area contributed by atoms with Gasteiger partial charge in [0, 0.05) is 27.8 Å². The van der Waals surface area contributed by atoms with Crippen molar-refractivity contribution < 1.29 is 5.11 Å². The summed E-state index contributed by atoms with van der Waals surface area (Å²) >= 11 is 7.70. The fourth-order valence-corrected chi connectivity index (χ4v) is 4.09. The molecule has 0 aliphatic carbocycles. The number of nitrogens with one attached hydrogen (secondary N) is 1. The molecule has 2 N–H and O–H groups in total. The lowest BCUT2D eigenvalue weighted by Gasteiger charge is -2.28. The molecule has 27 heavy (non-hydrogen) atoms. The molecule has 0 aromatic heterocycles. The van der Waals surface area contributed by atoms with Crippen molar-refractivity contribution in [2.75, 3.05) is 5.75 Å². The van der Waals surface area contributed by atoms with E-state index in [9.17, 15) is 5.11 Å². The van der Waals surface area contributed by atoms with Crippen LogP contribution in [0.4, 0.5) is 0 Å². The maximum atomic E-state index is 11.0. The van der Waals surface area contributed by atoms with E-state index in [2.05, 4.69) is 24.4 Å². The highest BCUT2D eigenvalue weighted by atomic mass is 35.5. The summed E-state index contributed by atoms with van der Waals surface area (Å²) in [6, 6.07) is 28.0. The fourth-order valence-electron chi connectivity index (χ4n) is 2.99. The summed E-state index contributed by atoms with van der Waals surface area (Å²) in [6.45, 7) is 2.13. The van der Waals surface area contributed by atoms with E-state index >= 15 is 0 Å². The van der Waals surface area contributed by atoms with Gasteiger partial charge in [-0.05, 0) is 42.3 Å². The first-order chi connectivity index (χ1) is 13.1. The van der Waals surface area contributed by atoms with Crippen LogP contribution in [-0.2, 0) is 0 Å². The number of thioether (sulfide) groups is 1. The van der Waals surface area contributed by atoms with E-state index < -0.39 is 6.10 Å². The molecule has 0 fully saturated rings. The van der Waals surface area contributed by atoms with Crippen LogP contribution in [-0.4, -0.2) is 16.9 Å². The van der Waals surface area contributed by atoms with Crippen molar-refractivity contribution in [2.24, 2.45) is 0 Å². The molecule has 2 nitrogen and oxygen atoms in total. The summed E-state index contributed by atoms with van der Waals surface area (Å²) in [7, 11) is 0. The van der Waals surface area contributed by atoms with Crippen LogP contribution in [0.1, 0.15) is 30.2 Å². The summed E-state index contributed by atoms with van der Waals surface area (Å²) in [5.74, 6) is 0.745. The average molecular weight is 398 g/mol. The van der Waals surface area contributed by atoms with Crippen LogP contribution in [0.15, 0.2) is 89.8 Å². The largest absolute Gasteiger partial charge is 0.387 e. The van der Waals surface area contributed by atoms with E-state index in [-0.39, 0.29) is 12.1 Å². The number of hydrogen-bond donors (Lipinski definition) is 2. The molecule has 3 rings (SSSR count). The van der Waals surface area contributed by atoms with Crippen molar-refractivity contribution in [1.82, 2.24) is 5.32 Å². The lowest BCUT2D eigenvalue weighted by atomic mass is 10.0. The van der Waals surface area contributed by atoms with Crippen molar-refractivity contribution in [3.63, 3.8) is 0 Å². The maximum Gasteiger partial charge on any atom is 0.0951 e. The van der Waals surface area contributed by atoms with Gasteiger partial charge in [0.1, 0.15) is 0 Å². The molecule has 3 aromatic carbocycles. The Morgan fingerprint density at radius 1 is 0.852 bits per heavy atom. The number of halogens is 1. The van der Waals surface area contributed by atoms with Crippen molar-refractivity contribution in [3.8, 4) is 0 Å². The summed E-state index contributed by atoms with van der Waals surface area (Å²) in [5.41, 5.74) is 2.13. The molecule has 3 atom stereocenters. The van der Waals surface area contributed by atoms with E-state index in [4.69, 9.17) is 11.6 Å². The number of hydrogen-bond acceptors (Lipinski definition) is 3. The predicted molar refractivity (Wildman–Crippen MR) is 115 cm³/mol. The van der Waals surface area contributed by atoms with Gasteiger partial charge in [-0.15, -0.1) is 11.8 Å². The molecule has 0 heterocycles. The SMILES string of the molecule is C[C@H](N[C@H](CSc1ccc(Cl)cc1)[C@H](O)c1ccccc1)c1ccccc1. The second-order valence-corrected chi connectivity index (χ2v) is 8.06. The Labute approximate surface area is 170 Å². The molecular formula is C23H24ClNOS. The lowest BCUT2D eigenvalue weighted by molar-refractivity contribution is 0.132. The Hall–Kier alpha value is -1.78. The Balaban J connectivity index is 1.74. The molecule has 0 amide bonds. The van der Waals surface area contributed by atoms with Crippen molar-refractivity contribution in [2.45, 2.75) is 30.0 Å². The van der Waals surface area contributed by atoms with Crippen LogP contribution in [0.3, 0.4) is 0 Å². The van der Waals surface area contributed by atoms with E-state index in [1.807, 2.05) is 72.8 Å². The smallest absolute Gasteiger partial charge is 0.0951 e. The fraction of sp³-hybridized carbons (Fsp3) is 0.217. The van der Waals surface area contributed by atoms with E-state index in [1.54, 1.807) is 11.8 Å². The van der Waals surface area contributed by atoms with Gasteiger partial charge in [0.15, 0.2) is 0 Å². The molecule has 0 spiro atoms. The minimum absolute atomic E-state index is 0.0942. The second kappa shape index (κ2) is 9.95. The molecule has 0 radical (unpaired) electrons. The van der Waals surface area contributed by atoms with Crippen LogP contribution in [0.25, 0.3) is 0 Å². The zero-order valence-corrected chi connectivity index (χ0v) is 16.8. The van der Waals surface area contributed by atoms with Crippen LogP contribution in [0, 0.1) is 0 Å². The van der Waals surface area contributed by atoms with Gasteiger partial charge in [-0.25, -0.2) is 0 Å². The number of rotatable bonds is 8. The van der Waals surface area contributed by atoms with Gasteiger partial charge in [-0.1, -0.05) is 72.3 Å². The van der Waals surface area contributed by atoms with Crippen molar-refractivity contribution in [1.29, 1.82) is 0 Å². The minimum atomic E-state index is -0.586. The lowest BCUT2D eigenvalue weighted by Crippen LogP contribution is -2.38. The number of aliphatic hydroxyl groups excluding tert-OH is 1. The Morgan fingerprint density at radius 2 is 1.41 bits per heavy atom. The molecule has 0 aliphatic rings. The third-order valence-corrected chi connectivity index (χ3v) is 5.91. The van der Waals surface area contributed by atoms with Crippen LogP contribution in [0.2, 0.25) is 5.02 Å². The molecular weight excluding hydrogens is 374 g/mol. The van der Waals surface area contributed by atoms with Crippen LogP contribution >= 0.6 is 23.4 Å². The first-order valence-electron chi connectivity index (χ1n) is 9.06. The van der Waals surface area contributed by atoms with Crippen LogP contribution < -0.4 is 5.32 Å². The molecule has 0 saturated heterocycles. The quantitative estimate of drug-likeness (QED) is 0.465. The monoisotopic (exact) mass is 397 g/mol. The van der Waals surface area contributed by atoms with Gasteiger partial charge in [-0.2, -0.15) is 0 Å². The van der Waals surface area contributed by atoms with Crippen molar-refractivity contribution >= 4 is 23.4 Å². The van der Waals surface area contributed by atoms with Gasteiger partial charge in [0.2, 0.25) is 0 Å². The highest BCUT2D eigenvalue weighted by Gasteiger charge is 2.23. The standard InChI is InChI=1S/C23H24ClNOS/c1-17(18-8-4-2-5-9-18)25-22(23(26)19-10-6-3-7-11-19)16-27-21-14-12-20(24)13-15-21/h2-15,17,22-23,25-26H,16H2,1H3/t17-,22+,23+/m0/s1. The topological polar surface area (TPSA) is 32.3 Å². The minimum Gasteiger partial charge on any atom is -0.387 e. The number of benzene rings is 3. The third-order valence-electron chi connectivity index (χ3n) is 4.53. The molecule has 0 unspecified atom stereocenters. The highest BCUT2D eigenvalue weighted by molar-refractivity contribution is 7.99. The van der Waals surface area contributed by atoms with E-state index in [1.165, 1.54) is 5.56 Å². The van der Waals surface area contributed by atoms with Gasteiger partial charge in [-0.3, -0.25) is 0 Å². The van der Waals surface area contributed by atoms with Gasteiger partial charge >= 0.3 is 0 Å².